The number of ether oxygens (including phenoxy) is 2. The largest absolute Gasteiger partial charge is 0.379 e. The second-order valence-corrected chi connectivity index (χ2v) is 20.9. The minimum absolute atomic E-state index is 0.00604. The standard InChI is InChI=1S/C57H87N9O9/c1-13-39(6)51(64(10)56(72)50(37(2)3)62-53(38(4)5)63(8)9)46(74-11)35-49(69)65-33-21-24-45(65)52(75-12)40(7)54(70)61-44(34-41-22-17-16-18-23-41)55(71)60-43-27-25-42(26-28-43)36-59-57(73)58-31-19-14-15-20-32-66-47(67)29-30-48(66)68/h16-18,22-23,25-30,37-40,44-46,50-52H,13-15,19-21,24,31-36H2,1-12H3,(H,60,71)(H,61,70)(H2,58,59,73)/b62-53+/t39-,40+,44-,45-,46+,50-,51-,52+/m0/s1. The number of likely N-dealkylation sites (tertiary alicyclic amines) is 1. The molecule has 0 aromatic heterocycles. The maximum Gasteiger partial charge on any atom is 0.315 e. The van der Waals surface area contributed by atoms with Gasteiger partial charge in [-0.05, 0) is 60.8 Å². The molecule has 2 aliphatic heterocycles. The Hall–Kier alpha value is -6.14. The average molecular weight is 1040 g/mol. The molecule has 8 amide bonds. The number of carbonyl (C=O) groups excluding carboxylic acids is 7. The van der Waals surface area contributed by atoms with Crippen LogP contribution in [0, 0.1) is 23.7 Å². The van der Waals surface area contributed by atoms with Crippen molar-refractivity contribution >= 4 is 53.0 Å². The monoisotopic (exact) mass is 1040 g/mol. The number of urea groups is 1. The van der Waals surface area contributed by atoms with Crippen molar-refractivity contribution in [2.75, 3.05) is 60.3 Å². The Bertz CT molecular complexity index is 2230. The number of nitrogens with one attached hydrogen (secondary N) is 4. The van der Waals surface area contributed by atoms with E-state index >= 15 is 0 Å². The maximum absolute atomic E-state index is 14.5. The van der Waals surface area contributed by atoms with Crippen LogP contribution < -0.4 is 21.3 Å². The highest BCUT2D eigenvalue weighted by molar-refractivity contribution is 6.12. The zero-order chi connectivity index (χ0) is 55.4. The number of amidine groups is 1. The normalized spacial score (nSPS) is 17.6. The van der Waals surface area contributed by atoms with E-state index in [9.17, 15) is 33.6 Å². The van der Waals surface area contributed by atoms with E-state index in [1.807, 2.05) is 63.2 Å². The number of likely N-dealkylation sites (N-methyl/N-ethyl adjacent to an activating group) is 1. The van der Waals surface area contributed by atoms with Crippen LogP contribution in [0.15, 0.2) is 71.7 Å². The highest BCUT2D eigenvalue weighted by Crippen LogP contribution is 2.30. The number of anilines is 1. The van der Waals surface area contributed by atoms with Crippen molar-refractivity contribution in [1.29, 1.82) is 0 Å². The van der Waals surface area contributed by atoms with E-state index in [0.29, 0.717) is 44.6 Å². The fraction of sp³-hybridized carbons (Fsp3) is 0.614. The Kier molecular flexibility index (Phi) is 24.9. The van der Waals surface area contributed by atoms with Crippen LogP contribution in [0.2, 0.25) is 0 Å². The predicted molar refractivity (Wildman–Crippen MR) is 292 cm³/mol. The lowest BCUT2D eigenvalue weighted by atomic mass is 9.89. The molecule has 414 valence electrons. The lowest BCUT2D eigenvalue weighted by molar-refractivity contribution is -0.146. The van der Waals surface area contributed by atoms with Crippen LogP contribution in [-0.4, -0.2) is 158 Å². The molecule has 1 saturated heterocycles. The van der Waals surface area contributed by atoms with Gasteiger partial charge in [0.25, 0.3) is 11.8 Å². The molecule has 18 nitrogen and oxygen atoms in total. The van der Waals surface area contributed by atoms with Crippen molar-refractivity contribution in [1.82, 2.24) is 35.6 Å². The first kappa shape index (κ1) is 61.4. The number of hydrogen-bond donors (Lipinski definition) is 4. The molecule has 0 unspecified atom stereocenters. The molecule has 0 spiro atoms. The van der Waals surface area contributed by atoms with Crippen molar-refractivity contribution in [3.63, 3.8) is 0 Å². The summed E-state index contributed by atoms with van der Waals surface area (Å²) in [4.78, 5) is 105. The van der Waals surface area contributed by atoms with Crippen LogP contribution in [0.1, 0.15) is 111 Å². The summed E-state index contributed by atoms with van der Waals surface area (Å²) in [6, 6.07) is 13.8. The van der Waals surface area contributed by atoms with Crippen LogP contribution in [0.5, 0.6) is 0 Å². The number of carbonyl (C=O) groups is 7. The third-order valence-corrected chi connectivity index (χ3v) is 14.5. The van der Waals surface area contributed by atoms with Gasteiger partial charge >= 0.3 is 6.03 Å². The molecule has 1 fully saturated rings. The number of methoxy groups -OCH3 is 2. The molecule has 2 aliphatic rings. The molecule has 2 aromatic rings. The zero-order valence-electron chi connectivity index (χ0n) is 46.7. The molecule has 0 bridgehead atoms. The number of rotatable bonds is 29. The number of amides is 8. The Morgan fingerprint density at radius 3 is 2.04 bits per heavy atom. The number of nitrogens with zero attached hydrogens (tertiary/aromatic N) is 5. The highest BCUT2D eigenvalue weighted by Gasteiger charge is 2.43. The van der Waals surface area contributed by atoms with Gasteiger partial charge < -0.3 is 45.4 Å². The number of hydrogen-bond acceptors (Lipinski definition) is 10. The van der Waals surface area contributed by atoms with Gasteiger partial charge in [-0.15, -0.1) is 0 Å². The van der Waals surface area contributed by atoms with Crippen LogP contribution in [0.25, 0.3) is 0 Å². The van der Waals surface area contributed by atoms with Gasteiger partial charge in [0.15, 0.2) is 0 Å². The van der Waals surface area contributed by atoms with E-state index in [-0.39, 0.29) is 66.8 Å². The van der Waals surface area contributed by atoms with E-state index in [4.69, 9.17) is 14.5 Å². The second kappa shape index (κ2) is 30.4. The first-order valence-corrected chi connectivity index (χ1v) is 26.9. The van der Waals surface area contributed by atoms with Crippen molar-refractivity contribution in [2.24, 2.45) is 28.7 Å². The second-order valence-electron chi connectivity index (χ2n) is 20.9. The minimum Gasteiger partial charge on any atom is -0.379 e. The molecule has 8 atom stereocenters. The summed E-state index contributed by atoms with van der Waals surface area (Å²) in [5, 5.41) is 11.7. The van der Waals surface area contributed by atoms with Crippen LogP contribution >= 0.6 is 0 Å². The maximum atomic E-state index is 14.5. The number of unbranched alkanes of at least 4 members (excludes halogenated alkanes) is 3. The van der Waals surface area contributed by atoms with Crippen LogP contribution in [0.3, 0.4) is 0 Å². The van der Waals surface area contributed by atoms with E-state index in [0.717, 1.165) is 42.6 Å². The van der Waals surface area contributed by atoms with E-state index in [1.165, 1.54) is 24.2 Å². The SMILES string of the molecule is CC[C@H](C)[C@@H]([C@@H](CC(=O)N1CCC[C@H]1[C@H](OC)[C@@H](C)C(=O)N[C@@H](Cc1ccccc1)C(=O)Nc1ccc(CNC(=O)NCCCCCCN2C(=O)C=CC2=O)cc1)OC)N(C)C(=O)[C@@H](/N=C(\C(C)C)N(C)C)C(C)C. The topological polar surface area (TPSA) is 211 Å². The van der Waals surface area contributed by atoms with Gasteiger partial charge in [0.05, 0.1) is 36.6 Å². The number of aliphatic imine (C=N–C) groups is 1. The van der Waals surface area contributed by atoms with Crippen molar-refractivity contribution in [2.45, 2.75) is 149 Å². The molecule has 4 rings (SSSR count). The van der Waals surface area contributed by atoms with Crippen molar-refractivity contribution < 1.29 is 43.0 Å². The molecule has 4 N–H and O–H groups in total. The van der Waals surface area contributed by atoms with Gasteiger partial charge in [0, 0.05) is 91.7 Å². The summed E-state index contributed by atoms with van der Waals surface area (Å²) in [7, 11) is 8.78. The van der Waals surface area contributed by atoms with E-state index in [2.05, 4.69) is 49.0 Å². The lowest BCUT2D eigenvalue weighted by Gasteiger charge is -2.40. The van der Waals surface area contributed by atoms with E-state index in [1.54, 1.807) is 55.1 Å². The molecule has 0 aliphatic carbocycles. The zero-order valence-corrected chi connectivity index (χ0v) is 46.7. The first-order chi connectivity index (χ1) is 35.7. The Balaban J connectivity index is 1.37. The van der Waals surface area contributed by atoms with E-state index < -0.39 is 54.1 Å². The lowest BCUT2D eigenvalue weighted by Crippen LogP contribution is -2.55. The van der Waals surface area contributed by atoms with Crippen LogP contribution in [0.4, 0.5) is 10.5 Å². The average Bonchev–Trinajstić information content (AvgIpc) is 4.00. The van der Waals surface area contributed by atoms with Crippen LogP contribution in [-0.2, 0) is 51.2 Å². The highest BCUT2D eigenvalue weighted by atomic mass is 16.5. The summed E-state index contributed by atoms with van der Waals surface area (Å²) in [6.07, 6.45) is 6.70. The third kappa shape index (κ3) is 18.0. The van der Waals surface area contributed by atoms with Gasteiger partial charge in [-0.3, -0.25) is 38.7 Å². The molecule has 18 heteroatoms. The molecule has 2 heterocycles. The Morgan fingerprint density at radius 2 is 1.45 bits per heavy atom. The van der Waals surface area contributed by atoms with Crippen molar-refractivity contribution in [3.8, 4) is 0 Å². The summed E-state index contributed by atoms with van der Waals surface area (Å²) in [5.74, 6) is -1.53. The van der Waals surface area contributed by atoms with Gasteiger partial charge in [-0.25, -0.2) is 4.79 Å². The molecule has 75 heavy (non-hydrogen) atoms. The summed E-state index contributed by atoms with van der Waals surface area (Å²) < 4.78 is 12.2. The Morgan fingerprint density at radius 1 is 0.800 bits per heavy atom. The molecular weight excluding hydrogens is 955 g/mol. The number of benzene rings is 2. The van der Waals surface area contributed by atoms with Crippen molar-refractivity contribution in [3.05, 3.63) is 77.9 Å². The molecule has 0 radical (unpaired) electrons. The predicted octanol–water partition coefficient (Wildman–Crippen LogP) is 6.20. The smallest absolute Gasteiger partial charge is 0.315 e. The quantitative estimate of drug-likeness (QED) is 0.0314. The summed E-state index contributed by atoms with van der Waals surface area (Å²) >= 11 is 0. The fourth-order valence-electron chi connectivity index (χ4n) is 10.1. The Labute approximate surface area is 446 Å². The summed E-state index contributed by atoms with van der Waals surface area (Å²) in [5.41, 5.74) is 2.17. The third-order valence-electron chi connectivity index (χ3n) is 14.5. The van der Waals surface area contributed by atoms with Gasteiger partial charge in [0.1, 0.15) is 17.9 Å². The van der Waals surface area contributed by atoms with Gasteiger partial charge in [-0.1, -0.05) is 110 Å². The minimum atomic E-state index is -0.956. The molecule has 2 aromatic carbocycles. The van der Waals surface area contributed by atoms with Gasteiger partial charge in [0.2, 0.25) is 23.6 Å². The molecular formula is C57H87N9O9. The first-order valence-electron chi connectivity index (χ1n) is 26.9. The number of imide groups is 1. The molecule has 0 saturated carbocycles. The summed E-state index contributed by atoms with van der Waals surface area (Å²) in [6.45, 7) is 15.6. The van der Waals surface area contributed by atoms with Gasteiger partial charge in [-0.2, -0.15) is 0 Å². The fourth-order valence-corrected chi connectivity index (χ4v) is 10.1.